The van der Waals surface area contributed by atoms with E-state index in [2.05, 4.69) is 22.2 Å². The molecule has 5 rings (SSSR count). The molecule has 5 nitrogen and oxygen atoms in total. The van der Waals surface area contributed by atoms with Crippen LogP contribution in [0.3, 0.4) is 0 Å². The molecule has 0 spiro atoms. The molecule has 0 aliphatic rings. The molecule has 5 aromatic rings. The fourth-order valence-corrected chi connectivity index (χ4v) is 5.24. The molecule has 0 aliphatic carbocycles. The Morgan fingerprint density at radius 3 is 2.58 bits per heavy atom. The Morgan fingerprint density at radius 2 is 1.81 bits per heavy atom. The number of hydrogen-bond acceptors (Lipinski definition) is 6. The molecule has 0 atom stereocenters. The Bertz CT molecular complexity index is 1340. The van der Waals surface area contributed by atoms with Gasteiger partial charge in [0.25, 0.3) is 0 Å². The predicted octanol–water partition coefficient (Wildman–Crippen LogP) is 5.94. The third kappa shape index (κ3) is 4.15. The van der Waals surface area contributed by atoms with E-state index in [-0.39, 0.29) is 12.6 Å². The Kier molecular flexibility index (Phi) is 5.36. The molecule has 0 unspecified atom stereocenters. The van der Waals surface area contributed by atoms with Crippen LogP contribution in [-0.2, 0) is 17.9 Å². The lowest BCUT2D eigenvalue weighted by Gasteiger charge is -2.03. The van der Waals surface area contributed by atoms with E-state index in [1.54, 1.807) is 11.3 Å². The Hall–Kier alpha value is -3.29. The molecular weight excluding hydrogens is 426 g/mol. The first-order valence-electron chi connectivity index (χ1n) is 9.85. The van der Waals surface area contributed by atoms with Crippen LogP contribution in [0, 0.1) is 6.92 Å². The first kappa shape index (κ1) is 19.7. The van der Waals surface area contributed by atoms with Crippen LogP contribution in [0.25, 0.3) is 20.8 Å². The van der Waals surface area contributed by atoms with Crippen LogP contribution in [0.1, 0.15) is 26.6 Å². The van der Waals surface area contributed by atoms with E-state index in [0.717, 1.165) is 32.2 Å². The molecular formula is C24H19N3O2S2. The lowest BCUT2D eigenvalue weighted by Crippen LogP contribution is -2.04. The standard InChI is InChI=1S/C24H19N3O2S2/c1-16-20-12-21(31-23(20)27(26-16)13-17-8-4-2-5-9-17)24(28)29-14-19-15-30-22(25-19)18-10-6-3-7-11-18/h2-12,15H,13-14H2,1H3. The van der Waals surface area contributed by atoms with Crippen molar-refractivity contribution in [2.45, 2.75) is 20.1 Å². The summed E-state index contributed by atoms with van der Waals surface area (Å²) in [5, 5.41) is 8.48. The molecule has 0 amide bonds. The molecule has 0 aliphatic heterocycles. The molecule has 31 heavy (non-hydrogen) atoms. The van der Waals surface area contributed by atoms with E-state index in [1.165, 1.54) is 16.9 Å². The zero-order valence-electron chi connectivity index (χ0n) is 16.8. The normalized spacial score (nSPS) is 11.1. The van der Waals surface area contributed by atoms with E-state index in [4.69, 9.17) is 4.74 Å². The molecule has 3 aromatic heterocycles. The van der Waals surface area contributed by atoms with Crippen LogP contribution in [-0.4, -0.2) is 20.7 Å². The van der Waals surface area contributed by atoms with Crippen LogP contribution in [0.4, 0.5) is 0 Å². The van der Waals surface area contributed by atoms with Gasteiger partial charge in [-0.15, -0.1) is 22.7 Å². The average Bonchev–Trinajstić information content (AvgIpc) is 3.51. The van der Waals surface area contributed by atoms with E-state index in [9.17, 15) is 4.79 Å². The lowest BCUT2D eigenvalue weighted by atomic mass is 10.2. The second kappa shape index (κ2) is 8.45. The number of thiophene rings is 1. The van der Waals surface area contributed by atoms with Gasteiger partial charge in [0.15, 0.2) is 0 Å². The third-order valence-electron chi connectivity index (χ3n) is 4.91. The molecule has 154 valence electrons. The van der Waals surface area contributed by atoms with E-state index in [0.29, 0.717) is 11.4 Å². The van der Waals surface area contributed by atoms with Gasteiger partial charge in [0.1, 0.15) is 21.3 Å². The highest BCUT2D eigenvalue weighted by Gasteiger charge is 2.18. The Labute approximate surface area is 187 Å². The zero-order chi connectivity index (χ0) is 21.2. The quantitative estimate of drug-likeness (QED) is 0.304. The van der Waals surface area contributed by atoms with Crippen molar-refractivity contribution in [3.05, 3.63) is 93.9 Å². The van der Waals surface area contributed by atoms with Crippen molar-refractivity contribution in [2.24, 2.45) is 0 Å². The molecule has 0 saturated heterocycles. The number of aromatic nitrogens is 3. The van der Waals surface area contributed by atoms with Crippen molar-refractivity contribution in [2.75, 3.05) is 0 Å². The highest BCUT2D eigenvalue weighted by atomic mass is 32.1. The van der Waals surface area contributed by atoms with Crippen molar-refractivity contribution < 1.29 is 9.53 Å². The molecule has 7 heteroatoms. The summed E-state index contributed by atoms with van der Waals surface area (Å²) in [7, 11) is 0. The number of fused-ring (bicyclic) bond motifs is 1. The van der Waals surface area contributed by atoms with Gasteiger partial charge in [-0.1, -0.05) is 60.7 Å². The minimum absolute atomic E-state index is 0.158. The SMILES string of the molecule is Cc1nn(Cc2ccccc2)c2sc(C(=O)OCc3csc(-c4ccccc4)n3)cc12. The van der Waals surface area contributed by atoms with Crippen LogP contribution < -0.4 is 0 Å². The van der Waals surface area contributed by atoms with Gasteiger partial charge in [-0.2, -0.15) is 5.10 Å². The maximum Gasteiger partial charge on any atom is 0.348 e. The topological polar surface area (TPSA) is 57.0 Å². The maximum absolute atomic E-state index is 12.7. The Balaban J connectivity index is 1.30. The summed E-state index contributed by atoms with van der Waals surface area (Å²) in [5.41, 5.74) is 3.90. The summed E-state index contributed by atoms with van der Waals surface area (Å²) in [5.74, 6) is -0.332. The summed E-state index contributed by atoms with van der Waals surface area (Å²) < 4.78 is 7.50. The van der Waals surface area contributed by atoms with Crippen molar-refractivity contribution >= 4 is 38.9 Å². The van der Waals surface area contributed by atoms with Crippen molar-refractivity contribution in [3.8, 4) is 10.6 Å². The zero-order valence-corrected chi connectivity index (χ0v) is 18.5. The number of benzene rings is 2. The van der Waals surface area contributed by atoms with Gasteiger partial charge < -0.3 is 4.74 Å². The average molecular weight is 446 g/mol. The number of esters is 1. The molecule has 2 aromatic carbocycles. The van der Waals surface area contributed by atoms with Crippen LogP contribution in [0.2, 0.25) is 0 Å². The van der Waals surface area contributed by atoms with E-state index in [1.807, 2.05) is 71.6 Å². The number of carbonyl (C=O) groups is 1. The second-order valence-electron chi connectivity index (χ2n) is 7.14. The summed E-state index contributed by atoms with van der Waals surface area (Å²) in [6.07, 6.45) is 0. The number of hydrogen-bond donors (Lipinski definition) is 0. The summed E-state index contributed by atoms with van der Waals surface area (Å²) in [6, 6.07) is 22.0. The van der Waals surface area contributed by atoms with Gasteiger partial charge in [0.05, 0.1) is 17.9 Å². The number of thiazole rings is 1. The molecule has 0 fully saturated rings. The monoisotopic (exact) mass is 445 g/mol. The molecule has 0 bridgehead atoms. The van der Waals surface area contributed by atoms with Crippen LogP contribution in [0.5, 0.6) is 0 Å². The minimum Gasteiger partial charge on any atom is -0.455 e. The van der Waals surface area contributed by atoms with Crippen molar-refractivity contribution in [1.29, 1.82) is 0 Å². The van der Waals surface area contributed by atoms with Gasteiger partial charge in [-0.3, -0.25) is 4.68 Å². The van der Waals surface area contributed by atoms with Crippen LogP contribution >= 0.6 is 22.7 Å². The molecule has 0 N–H and O–H groups in total. The first-order chi connectivity index (χ1) is 15.2. The smallest absolute Gasteiger partial charge is 0.348 e. The van der Waals surface area contributed by atoms with Crippen molar-refractivity contribution in [3.63, 3.8) is 0 Å². The number of nitrogens with zero attached hydrogens (tertiary/aromatic N) is 3. The molecule has 3 heterocycles. The summed E-state index contributed by atoms with van der Waals surface area (Å²) in [4.78, 5) is 18.8. The molecule has 0 radical (unpaired) electrons. The number of ether oxygens (including phenoxy) is 1. The summed E-state index contributed by atoms with van der Waals surface area (Å²) in [6.45, 7) is 2.79. The number of carbonyl (C=O) groups excluding carboxylic acids is 1. The fraction of sp³-hybridized carbons (Fsp3) is 0.125. The third-order valence-corrected chi connectivity index (χ3v) is 6.98. The maximum atomic E-state index is 12.7. The largest absolute Gasteiger partial charge is 0.455 e. The second-order valence-corrected chi connectivity index (χ2v) is 9.03. The number of rotatable bonds is 6. The Morgan fingerprint density at radius 1 is 1.06 bits per heavy atom. The van der Waals surface area contributed by atoms with Gasteiger partial charge in [-0.05, 0) is 18.6 Å². The van der Waals surface area contributed by atoms with Gasteiger partial charge >= 0.3 is 5.97 Å². The fourth-order valence-electron chi connectivity index (χ4n) is 3.37. The van der Waals surface area contributed by atoms with E-state index >= 15 is 0 Å². The van der Waals surface area contributed by atoms with Gasteiger partial charge in [-0.25, -0.2) is 9.78 Å². The van der Waals surface area contributed by atoms with Gasteiger partial charge in [0, 0.05) is 16.3 Å². The predicted molar refractivity (Wildman–Crippen MR) is 125 cm³/mol. The number of aryl methyl sites for hydroxylation is 1. The summed E-state index contributed by atoms with van der Waals surface area (Å²) >= 11 is 2.97. The van der Waals surface area contributed by atoms with E-state index < -0.39 is 0 Å². The molecule has 0 saturated carbocycles. The van der Waals surface area contributed by atoms with Gasteiger partial charge in [0.2, 0.25) is 0 Å². The first-order valence-corrected chi connectivity index (χ1v) is 11.5. The van der Waals surface area contributed by atoms with Crippen molar-refractivity contribution in [1.82, 2.24) is 14.8 Å². The van der Waals surface area contributed by atoms with Crippen LogP contribution in [0.15, 0.2) is 72.1 Å². The highest BCUT2D eigenvalue weighted by Crippen LogP contribution is 2.30. The lowest BCUT2D eigenvalue weighted by molar-refractivity contribution is 0.0474. The highest BCUT2D eigenvalue weighted by molar-refractivity contribution is 7.20. The minimum atomic E-state index is -0.332.